The van der Waals surface area contributed by atoms with Crippen LogP contribution in [-0.4, -0.2) is 28.4 Å². The van der Waals surface area contributed by atoms with Crippen molar-refractivity contribution in [1.82, 2.24) is 0 Å². The van der Waals surface area contributed by atoms with E-state index in [1.165, 1.54) is 0 Å². The average Bonchev–Trinajstić information content (AvgIpc) is 2.58. The first kappa shape index (κ1) is 15.8. The summed E-state index contributed by atoms with van der Waals surface area (Å²) in [5, 5.41) is 0. The van der Waals surface area contributed by atoms with Crippen LogP contribution in [0.4, 0.5) is 0 Å². The van der Waals surface area contributed by atoms with Crippen molar-refractivity contribution in [3.05, 3.63) is 47.5 Å². The Balaban J connectivity index is 2.40. The second-order valence-electron chi connectivity index (χ2n) is 4.56. The first-order valence-corrected chi connectivity index (χ1v) is 6.84. The number of hydrogen-bond donors (Lipinski definition) is 0. The average molecular weight is 300 g/mol. The first-order chi connectivity index (χ1) is 10.7. The van der Waals surface area contributed by atoms with Gasteiger partial charge in [-0.2, -0.15) is 0 Å². The van der Waals surface area contributed by atoms with Gasteiger partial charge in [0.15, 0.2) is 0 Å². The number of hydrogen-bond acceptors (Lipinski definition) is 4. The molecule has 22 heavy (non-hydrogen) atoms. The maximum atomic E-state index is 5.39. The zero-order valence-electron chi connectivity index (χ0n) is 13.3. The lowest BCUT2D eigenvalue weighted by molar-refractivity contribution is 0.392. The molecule has 0 saturated heterocycles. The summed E-state index contributed by atoms with van der Waals surface area (Å²) in [4.78, 5) is 0. The molecular formula is C18H20O4. The smallest absolute Gasteiger partial charge is 0.129 e. The predicted octanol–water partition coefficient (Wildman–Crippen LogP) is 3.89. The van der Waals surface area contributed by atoms with Gasteiger partial charge in [0.05, 0.1) is 34.0 Å². The fourth-order valence-corrected chi connectivity index (χ4v) is 2.15. The molecule has 2 rings (SSSR count). The maximum absolute atomic E-state index is 5.39. The Kier molecular flexibility index (Phi) is 5.31. The Morgan fingerprint density at radius 1 is 0.682 bits per heavy atom. The van der Waals surface area contributed by atoms with E-state index in [9.17, 15) is 0 Å². The molecule has 0 aromatic heterocycles. The van der Waals surface area contributed by atoms with Crippen molar-refractivity contribution in [2.75, 3.05) is 28.4 Å². The van der Waals surface area contributed by atoms with E-state index in [0.717, 1.165) is 34.1 Å². The molecule has 0 aliphatic rings. The van der Waals surface area contributed by atoms with Crippen LogP contribution >= 0.6 is 0 Å². The summed E-state index contributed by atoms with van der Waals surface area (Å²) in [6.45, 7) is 0. The van der Waals surface area contributed by atoms with Gasteiger partial charge in [0, 0.05) is 6.07 Å². The SMILES string of the molecule is COc1cc(C=Cc2c(OC)cccc2OC)cc(OC)c1. The number of benzene rings is 2. The van der Waals surface area contributed by atoms with Crippen LogP contribution in [0.25, 0.3) is 12.2 Å². The molecule has 0 aliphatic heterocycles. The van der Waals surface area contributed by atoms with Gasteiger partial charge in [-0.05, 0) is 35.9 Å². The summed E-state index contributed by atoms with van der Waals surface area (Å²) < 4.78 is 21.3. The van der Waals surface area contributed by atoms with Gasteiger partial charge in [-0.15, -0.1) is 0 Å². The molecule has 0 atom stereocenters. The number of rotatable bonds is 6. The maximum Gasteiger partial charge on any atom is 0.129 e. The van der Waals surface area contributed by atoms with Crippen LogP contribution < -0.4 is 18.9 Å². The topological polar surface area (TPSA) is 36.9 Å². The van der Waals surface area contributed by atoms with Gasteiger partial charge in [0.25, 0.3) is 0 Å². The highest BCUT2D eigenvalue weighted by molar-refractivity contribution is 5.76. The molecule has 0 N–H and O–H groups in total. The molecule has 116 valence electrons. The van der Waals surface area contributed by atoms with Crippen molar-refractivity contribution < 1.29 is 18.9 Å². The minimum Gasteiger partial charge on any atom is -0.497 e. The Morgan fingerprint density at radius 2 is 1.23 bits per heavy atom. The third kappa shape index (κ3) is 3.52. The molecule has 4 heteroatoms. The summed E-state index contributed by atoms with van der Waals surface area (Å²) in [6.07, 6.45) is 3.91. The molecule has 0 radical (unpaired) electrons. The fourth-order valence-electron chi connectivity index (χ4n) is 2.15. The molecule has 0 aliphatic carbocycles. The fraction of sp³-hybridized carbons (Fsp3) is 0.222. The van der Waals surface area contributed by atoms with Crippen LogP contribution in [0.1, 0.15) is 11.1 Å². The standard InChI is InChI=1S/C18H20O4/c1-19-14-10-13(11-15(12-14)20-2)8-9-16-17(21-3)6-5-7-18(16)22-4/h5-12H,1-4H3. The molecule has 0 amide bonds. The Morgan fingerprint density at radius 3 is 1.68 bits per heavy atom. The quantitative estimate of drug-likeness (QED) is 0.758. The van der Waals surface area contributed by atoms with Gasteiger partial charge in [0.2, 0.25) is 0 Å². The monoisotopic (exact) mass is 300 g/mol. The van der Waals surface area contributed by atoms with E-state index in [4.69, 9.17) is 18.9 Å². The Hall–Kier alpha value is -2.62. The number of methoxy groups -OCH3 is 4. The van der Waals surface area contributed by atoms with Crippen molar-refractivity contribution in [2.45, 2.75) is 0 Å². The van der Waals surface area contributed by atoms with E-state index in [1.807, 2.05) is 48.6 Å². The Bertz CT molecular complexity index is 618. The predicted molar refractivity (Wildman–Crippen MR) is 88.0 cm³/mol. The van der Waals surface area contributed by atoms with E-state index >= 15 is 0 Å². The lowest BCUT2D eigenvalue weighted by atomic mass is 10.1. The summed E-state index contributed by atoms with van der Waals surface area (Å²) in [6, 6.07) is 11.4. The van der Waals surface area contributed by atoms with Crippen LogP contribution in [0.5, 0.6) is 23.0 Å². The van der Waals surface area contributed by atoms with E-state index in [0.29, 0.717) is 0 Å². The van der Waals surface area contributed by atoms with Crippen molar-refractivity contribution in [3.8, 4) is 23.0 Å². The van der Waals surface area contributed by atoms with Gasteiger partial charge in [-0.1, -0.05) is 12.1 Å². The van der Waals surface area contributed by atoms with Crippen LogP contribution in [-0.2, 0) is 0 Å². The van der Waals surface area contributed by atoms with Crippen molar-refractivity contribution >= 4 is 12.2 Å². The van der Waals surface area contributed by atoms with E-state index in [2.05, 4.69) is 0 Å². The van der Waals surface area contributed by atoms with Crippen LogP contribution in [0.3, 0.4) is 0 Å². The molecule has 0 fully saturated rings. The van der Waals surface area contributed by atoms with E-state index in [1.54, 1.807) is 28.4 Å². The Labute approximate surface area is 130 Å². The number of ether oxygens (including phenoxy) is 4. The van der Waals surface area contributed by atoms with Gasteiger partial charge in [0.1, 0.15) is 23.0 Å². The molecule has 0 spiro atoms. The summed E-state index contributed by atoms with van der Waals surface area (Å²) in [5.74, 6) is 2.99. The van der Waals surface area contributed by atoms with Crippen molar-refractivity contribution in [2.24, 2.45) is 0 Å². The minimum atomic E-state index is 0.742. The highest BCUT2D eigenvalue weighted by Crippen LogP contribution is 2.31. The van der Waals surface area contributed by atoms with Crippen LogP contribution in [0.15, 0.2) is 36.4 Å². The lowest BCUT2D eigenvalue weighted by Crippen LogP contribution is -1.92. The summed E-state index contributed by atoms with van der Waals surface area (Å²) in [5.41, 5.74) is 1.85. The van der Waals surface area contributed by atoms with Gasteiger partial charge in [-0.3, -0.25) is 0 Å². The third-order valence-corrected chi connectivity index (χ3v) is 3.28. The van der Waals surface area contributed by atoms with Crippen molar-refractivity contribution in [1.29, 1.82) is 0 Å². The summed E-state index contributed by atoms with van der Waals surface area (Å²) in [7, 11) is 6.54. The highest BCUT2D eigenvalue weighted by Gasteiger charge is 2.06. The second kappa shape index (κ2) is 7.41. The van der Waals surface area contributed by atoms with Gasteiger partial charge < -0.3 is 18.9 Å². The molecule has 4 nitrogen and oxygen atoms in total. The van der Waals surface area contributed by atoms with Gasteiger partial charge >= 0.3 is 0 Å². The lowest BCUT2D eigenvalue weighted by Gasteiger charge is -2.10. The minimum absolute atomic E-state index is 0.742. The highest BCUT2D eigenvalue weighted by atomic mass is 16.5. The molecule has 0 saturated carbocycles. The molecular weight excluding hydrogens is 280 g/mol. The second-order valence-corrected chi connectivity index (χ2v) is 4.56. The first-order valence-electron chi connectivity index (χ1n) is 6.84. The third-order valence-electron chi connectivity index (χ3n) is 3.28. The largest absolute Gasteiger partial charge is 0.497 e. The molecule has 0 heterocycles. The summed E-state index contributed by atoms with van der Waals surface area (Å²) >= 11 is 0. The normalized spacial score (nSPS) is 10.5. The van der Waals surface area contributed by atoms with Crippen LogP contribution in [0, 0.1) is 0 Å². The molecule has 2 aromatic carbocycles. The van der Waals surface area contributed by atoms with Gasteiger partial charge in [-0.25, -0.2) is 0 Å². The molecule has 2 aromatic rings. The van der Waals surface area contributed by atoms with E-state index < -0.39 is 0 Å². The zero-order chi connectivity index (χ0) is 15.9. The molecule has 0 unspecified atom stereocenters. The van der Waals surface area contributed by atoms with Crippen molar-refractivity contribution in [3.63, 3.8) is 0 Å². The zero-order valence-corrected chi connectivity index (χ0v) is 13.3. The van der Waals surface area contributed by atoms with Crippen LogP contribution in [0.2, 0.25) is 0 Å². The molecule has 0 bridgehead atoms. The van der Waals surface area contributed by atoms with E-state index in [-0.39, 0.29) is 0 Å².